The Balaban J connectivity index is 1.79. The van der Waals surface area contributed by atoms with E-state index in [1.165, 1.54) is 0 Å². The van der Waals surface area contributed by atoms with E-state index in [0.29, 0.717) is 35.6 Å². The van der Waals surface area contributed by atoms with E-state index in [1.54, 1.807) is 67.1 Å². The summed E-state index contributed by atoms with van der Waals surface area (Å²) in [6.45, 7) is 0.334. The Hall–Kier alpha value is -4.98. The number of aromatic amines is 1. The molecule has 0 fully saturated rings. The number of aromatic hydroxyl groups is 1. The molecule has 0 atom stereocenters. The molecule has 0 saturated carbocycles. The van der Waals surface area contributed by atoms with Gasteiger partial charge in [-0.1, -0.05) is 66.7 Å². The summed E-state index contributed by atoms with van der Waals surface area (Å²) in [5.74, 6) is -0.465. The van der Waals surface area contributed by atoms with Crippen molar-refractivity contribution in [2.45, 2.75) is 6.42 Å². The number of rotatable bonds is 7. The molecule has 178 valence electrons. The van der Waals surface area contributed by atoms with Crippen molar-refractivity contribution in [2.75, 3.05) is 6.54 Å². The molecule has 3 aromatic carbocycles. The standard InChI is InChI=1S/C28H23N5O3/c34-26-24(25(20-10-4-1-5-11-20)30-17-16-21-18-29-19-31-21)27(35)33(23-14-8-3-9-15-23)28(36)32(26)22-12-6-2-7-13-22/h1-15,18-19,34H,16-17H2,(H,29,31). The van der Waals surface area contributed by atoms with E-state index in [1.807, 2.05) is 36.4 Å². The van der Waals surface area contributed by atoms with E-state index < -0.39 is 17.1 Å². The molecule has 5 rings (SSSR count). The monoisotopic (exact) mass is 477 g/mol. The first kappa shape index (κ1) is 22.8. The summed E-state index contributed by atoms with van der Waals surface area (Å²) in [7, 11) is 0. The lowest BCUT2D eigenvalue weighted by molar-refractivity contribution is 0.427. The SMILES string of the molecule is O=c1c(C(=NCCc2cnc[nH]2)c2ccccc2)c(O)n(-c2ccccc2)c(=O)n1-c1ccccc1. The lowest BCUT2D eigenvalue weighted by atomic mass is 10.0. The number of H-pyrrole nitrogens is 1. The third kappa shape index (κ3) is 4.39. The van der Waals surface area contributed by atoms with Gasteiger partial charge in [0.15, 0.2) is 0 Å². The smallest absolute Gasteiger partial charge is 0.343 e. The van der Waals surface area contributed by atoms with E-state index >= 15 is 0 Å². The van der Waals surface area contributed by atoms with Crippen molar-refractivity contribution < 1.29 is 5.11 Å². The Morgan fingerprint density at radius 1 is 0.833 bits per heavy atom. The summed E-state index contributed by atoms with van der Waals surface area (Å²) >= 11 is 0. The van der Waals surface area contributed by atoms with Crippen molar-refractivity contribution in [1.82, 2.24) is 19.1 Å². The second-order valence-electron chi connectivity index (χ2n) is 8.05. The van der Waals surface area contributed by atoms with Crippen LogP contribution in [0.25, 0.3) is 11.4 Å². The highest BCUT2D eigenvalue weighted by Gasteiger charge is 2.25. The maximum absolute atomic E-state index is 13.9. The van der Waals surface area contributed by atoms with Gasteiger partial charge in [-0.25, -0.2) is 18.9 Å². The Kier molecular flexibility index (Phi) is 6.40. The highest BCUT2D eigenvalue weighted by molar-refractivity contribution is 6.14. The summed E-state index contributed by atoms with van der Waals surface area (Å²) in [6, 6.07) is 26.5. The second kappa shape index (κ2) is 10.1. The Bertz CT molecular complexity index is 1610. The summed E-state index contributed by atoms with van der Waals surface area (Å²) in [6.07, 6.45) is 3.87. The summed E-state index contributed by atoms with van der Waals surface area (Å²) in [5, 5.41) is 11.4. The average Bonchev–Trinajstić information content (AvgIpc) is 3.43. The molecule has 0 aliphatic heterocycles. The first-order chi connectivity index (χ1) is 17.6. The predicted molar refractivity (Wildman–Crippen MR) is 139 cm³/mol. The minimum Gasteiger partial charge on any atom is -0.493 e. The molecule has 2 N–H and O–H groups in total. The zero-order valence-corrected chi connectivity index (χ0v) is 19.3. The molecule has 8 nitrogen and oxygen atoms in total. The maximum Gasteiger partial charge on any atom is 0.343 e. The lowest BCUT2D eigenvalue weighted by Gasteiger charge is -2.17. The van der Waals surface area contributed by atoms with Crippen LogP contribution in [0.3, 0.4) is 0 Å². The molecule has 0 saturated heterocycles. The van der Waals surface area contributed by atoms with Gasteiger partial charge in [0.05, 0.1) is 23.4 Å². The van der Waals surface area contributed by atoms with Crippen LogP contribution in [-0.4, -0.2) is 36.5 Å². The average molecular weight is 478 g/mol. The van der Waals surface area contributed by atoms with Gasteiger partial charge in [0.1, 0.15) is 5.56 Å². The normalized spacial score (nSPS) is 11.5. The predicted octanol–water partition coefficient (Wildman–Crippen LogP) is 3.50. The number of nitrogens with zero attached hydrogens (tertiary/aromatic N) is 4. The number of nitrogens with one attached hydrogen (secondary N) is 1. The molecule has 8 heteroatoms. The topological polar surface area (TPSA) is 105 Å². The second-order valence-corrected chi connectivity index (χ2v) is 8.05. The van der Waals surface area contributed by atoms with Crippen LogP contribution < -0.4 is 11.2 Å². The van der Waals surface area contributed by atoms with Crippen LogP contribution in [0.1, 0.15) is 16.8 Å². The molecular formula is C28H23N5O3. The highest BCUT2D eigenvalue weighted by atomic mass is 16.3. The maximum atomic E-state index is 13.9. The fourth-order valence-corrected chi connectivity index (χ4v) is 4.04. The third-order valence-corrected chi connectivity index (χ3v) is 5.75. The molecule has 36 heavy (non-hydrogen) atoms. The van der Waals surface area contributed by atoms with Gasteiger partial charge in [-0.2, -0.15) is 0 Å². The number of aromatic nitrogens is 4. The van der Waals surface area contributed by atoms with Gasteiger partial charge in [0, 0.05) is 30.4 Å². The number of imidazole rings is 1. The lowest BCUT2D eigenvalue weighted by Crippen LogP contribution is -2.41. The Morgan fingerprint density at radius 2 is 1.42 bits per heavy atom. The number of hydrogen-bond acceptors (Lipinski definition) is 5. The van der Waals surface area contributed by atoms with Crippen LogP contribution in [0.15, 0.2) is 118 Å². The quantitative estimate of drug-likeness (QED) is 0.350. The van der Waals surface area contributed by atoms with Gasteiger partial charge >= 0.3 is 5.69 Å². The van der Waals surface area contributed by atoms with Crippen molar-refractivity contribution in [3.05, 3.63) is 141 Å². The number of para-hydroxylation sites is 2. The van der Waals surface area contributed by atoms with Crippen molar-refractivity contribution in [2.24, 2.45) is 4.99 Å². The minimum absolute atomic E-state index is 0.0573. The number of benzene rings is 3. The van der Waals surface area contributed by atoms with Crippen LogP contribution in [0, 0.1) is 0 Å². The fourth-order valence-electron chi connectivity index (χ4n) is 4.04. The van der Waals surface area contributed by atoms with Crippen LogP contribution in [-0.2, 0) is 6.42 Å². The van der Waals surface area contributed by atoms with Gasteiger partial charge in [0.25, 0.3) is 5.56 Å². The van der Waals surface area contributed by atoms with E-state index in [4.69, 9.17) is 4.99 Å². The van der Waals surface area contributed by atoms with Crippen LogP contribution >= 0.6 is 0 Å². The van der Waals surface area contributed by atoms with Crippen LogP contribution in [0.4, 0.5) is 0 Å². The Labute approximate surface area is 206 Å². The molecule has 5 aromatic rings. The van der Waals surface area contributed by atoms with E-state index in [-0.39, 0.29) is 5.56 Å². The van der Waals surface area contributed by atoms with Gasteiger partial charge < -0.3 is 10.1 Å². The summed E-state index contributed by atoms with van der Waals surface area (Å²) in [4.78, 5) is 39.3. The summed E-state index contributed by atoms with van der Waals surface area (Å²) in [5.41, 5.74) is 1.27. The van der Waals surface area contributed by atoms with Gasteiger partial charge in [-0.05, 0) is 24.3 Å². The van der Waals surface area contributed by atoms with Crippen molar-refractivity contribution in [3.8, 4) is 17.3 Å². The molecule has 0 aliphatic rings. The van der Waals surface area contributed by atoms with E-state index in [9.17, 15) is 14.7 Å². The fraction of sp³-hybridized carbons (Fsp3) is 0.0714. The molecule has 0 amide bonds. The molecule has 0 aliphatic carbocycles. The molecular weight excluding hydrogens is 454 g/mol. The first-order valence-corrected chi connectivity index (χ1v) is 11.4. The Morgan fingerprint density at radius 3 is 2.00 bits per heavy atom. The van der Waals surface area contributed by atoms with Gasteiger partial charge in [-0.3, -0.25) is 9.79 Å². The molecule has 2 aromatic heterocycles. The number of aliphatic imine (C=N–C) groups is 1. The van der Waals surface area contributed by atoms with Crippen LogP contribution in [0.5, 0.6) is 5.88 Å². The largest absolute Gasteiger partial charge is 0.493 e. The molecule has 0 unspecified atom stereocenters. The van der Waals surface area contributed by atoms with Crippen molar-refractivity contribution in [3.63, 3.8) is 0 Å². The first-order valence-electron chi connectivity index (χ1n) is 11.4. The van der Waals surface area contributed by atoms with Crippen LogP contribution in [0.2, 0.25) is 0 Å². The van der Waals surface area contributed by atoms with Crippen molar-refractivity contribution >= 4 is 5.71 Å². The van der Waals surface area contributed by atoms with Gasteiger partial charge in [-0.15, -0.1) is 0 Å². The molecule has 2 heterocycles. The summed E-state index contributed by atoms with van der Waals surface area (Å²) < 4.78 is 2.20. The van der Waals surface area contributed by atoms with Crippen molar-refractivity contribution in [1.29, 1.82) is 0 Å². The van der Waals surface area contributed by atoms with Gasteiger partial charge in [0.2, 0.25) is 5.88 Å². The molecule has 0 spiro atoms. The molecule has 0 radical (unpaired) electrons. The van der Waals surface area contributed by atoms with E-state index in [0.717, 1.165) is 14.8 Å². The third-order valence-electron chi connectivity index (χ3n) is 5.75. The minimum atomic E-state index is -0.677. The number of hydrogen-bond donors (Lipinski definition) is 2. The van der Waals surface area contributed by atoms with E-state index in [2.05, 4.69) is 9.97 Å². The highest BCUT2D eigenvalue weighted by Crippen LogP contribution is 2.21. The zero-order chi connectivity index (χ0) is 24.9. The zero-order valence-electron chi connectivity index (χ0n) is 19.3. The molecule has 0 bridgehead atoms.